The molecule has 1 saturated heterocycles. The first kappa shape index (κ1) is 15.4. The van der Waals surface area contributed by atoms with Crippen molar-refractivity contribution in [1.29, 1.82) is 0 Å². The van der Waals surface area contributed by atoms with Crippen molar-refractivity contribution in [3.05, 3.63) is 60.9 Å². The zero-order chi connectivity index (χ0) is 17.1. The molecule has 5 nitrogen and oxygen atoms in total. The topological polar surface area (TPSA) is 59.0 Å². The number of anilines is 1. The molecular formula is C20H18N4O. The third-order valence-electron chi connectivity index (χ3n) is 4.35. The fourth-order valence-corrected chi connectivity index (χ4v) is 2.96. The second-order valence-electron chi connectivity index (χ2n) is 6.07. The van der Waals surface area contributed by atoms with Crippen LogP contribution < -0.4 is 4.90 Å². The lowest BCUT2D eigenvalue weighted by molar-refractivity contribution is -0.119. The van der Waals surface area contributed by atoms with E-state index >= 15 is 0 Å². The molecule has 3 aromatic rings. The van der Waals surface area contributed by atoms with Crippen LogP contribution in [0.15, 0.2) is 60.9 Å². The van der Waals surface area contributed by atoms with Gasteiger partial charge in [-0.3, -0.25) is 9.78 Å². The number of carbonyl (C=O) groups is 1. The molecule has 0 saturated carbocycles. The highest BCUT2D eigenvalue weighted by molar-refractivity contribution is 5.81. The van der Waals surface area contributed by atoms with Gasteiger partial charge in [-0.15, -0.1) is 0 Å². The van der Waals surface area contributed by atoms with Crippen LogP contribution in [0, 0.1) is 0 Å². The van der Waals surface area contributed by atoms with E-state index in [2.05, 4.69) is 9.88 Å². The van der Waals surface area contributed by atoms with Gasteiger partial charge in [0.2, 0.25) is 0 Å². The van der Waals surface area contributed by atoms with Gasteiger partial charge in [0, 0.05) is 55.5 Å². The Morgan fingerprint density at radius 2 is 1.64 bits per heavy atom. The highest BCUT2D eigenvalue weighted by atomic mass is 16.1. The summed E-state index contributed by atoms with van der Waals surface area (Å²) in [5, 5.41) is 0. The summed E-state index contributed by atoms with van der Waals surface area (Å²) in [5.41, 5.74) is 2.81. The van der Waals surface area contributed by atoms with Crippen molar-refractivity contribution < 1.29 is 4.79 Å². The second-order valence-corrected chi connectivity index (χ2v) is 6.07. The summed E-state index contributed by atoms with van der Waals surface area (Å²) in [5.74, 6) is 1.84. The first-order chi connectivity index (χ1) is 12.3. The molecule has 0 radical (unpaired) electrons. The number of piperidine rings is 1. The number of aromatic nitrogens is 3. The molecule has 4 rings (SSSR count). The van der Waals surface area contributed by atoms with Gasteiger partial charge in [0.1, 0.15) is 11.6 Å². The summed E-state index contributed by atoms with van der Waals surface area (Å²) < 4.78 is 0. The summed E-state index contributed by atoms with van der Waals surface area (Å²) in [6.07, 6.45) is 4.66. The van der Waals surface area contributed by atoms with Crippen LogP contribution >= 0.6 is 0 Å². The molecule has 0 bridgehead atoms. The van der Waals surface area contributed by atoms with Crippen LogP contribution in [0.1, 0.15) is 12.8 Å². The van der Waals surface area contributed by atoms with Crippen molar-refractivity contribution in [2.45, 2.75) is 12.8 Å². The van der Waals surface area contributed by atoms with Crippen LogP contribution in [0.2, 0.25) is 0 Å². The van der Waals surface area contributed by atoms with Gasteiger partial charge in [-0.05, 0) is 12.1 Å². The Labute approximate surface area is 146 Å². The molecule has 0 atom stereocenters. The number of hydrogen-bond donors (Lipinski definition) is 0. The van der Waals surface area contributed by atoms with E-state index in [4.69, 9.17) is 9.97 Å². The van der Waals surface area contributed by atoms with Crippen molar-refractivity contribution >= 4 is 11.6 Å². The van der Waals surface area contributed by atoms with Crippen LogP contribution in [0.25, 0.3) is 22.6 Å². The Morgan fingerprint density at radius 3 is 2.36 bits per heavy atom. The lowest BCUT2D eigenvalue weighted by Gasteiger charge is -2.27. The number of carbonyl (C=O) groups excluding carboxylic acids is 1. The third kappa shape index (κ3) is 3.40. The fraction of sp³-hybridized carbons (Fsp3) is 0.200. The predicted molar refractivity (Wildman–Crippen MR) is 97.2 cm³/mol. The number of ketones is 1. The van der Waals surface area contributed by atoms with E-state index in [1.807, 2.05) is 48.5 Å². The van der Waals surface area contributed by atoms with Crippen molar-refractivity contribution in [2.24, 2.45) is 0 Å². The molecule has 1 aliphatic rings. The highest BCUT2D eigenvalue weighted by Gasteiger charge is 2.19. The molecule has 25 heavy (non-hydrogen) atoms. The monoisotopic (exact) mass is 330 g/mol. The standard InChI is InChI=1S/C20H18N4O/c25-17-8-11-24(12-9-17)19-13-18(15-5-2-1-3-6-15)22-20(23-19)16-7-4-10-21-14-16/h1-7,10,13-14H,8-9,11-12H2. The quantitative estimate of drug-likeness (QED) is 0.737. The van der Waals surface area contributed by atoms with Crippen LogP contribution in [0.3, 0.4) is 0 Å². The normalized spacial score (nSPS) is 14.6. The fourth-order valence-electron chi connectivity index (χ4n) is 2.96. The molecule has 0 spiro atoms. The molecular weight excluding hydrogens is 312 g/mol. The SMILES string of the molecule is O=C1CCN(c2cc(-c3ccccc3)nc(-c3cccnc3)n2)CC1. The van der Waals surface area contributed by atoms with Gasteiger partial charge < -0.3 is 4.90 Å². The third-order valence-corrected chi connectivity index (χ3v) is 4.35. The molecule has 1 aliphatic heterocycles. The average molecular weight is 330 g/mol. The molecule has 0 N–H and O–H groups in total. The van der Waals surface area contributed by atoms with Crippen LogP contribution in [-0.2, 0) is 4.79 Å². The molecule has 1 aromatic carbocycles. The average Bonchev–Trinajstić information content (AvgIpc) is 2.69. The van der Waals surface area contributed by atoms with E-state index in [0.717, 1.165) is 22.6 Å². The zero-order valence-electron chi connectivity index (χ0n) is 13.8. The lowest BCUT2D eigenvalue weighted by atomic mass is 10.1. The van der Waals surface area contributed by atoms with E-state index in [0.29, 0.717) is 37.5 Å². The van der Waals surface area contributed by atoms with Gasteiger partial charge in [0.25, 0.3) is 0 Å². The van der Waals surface area contributed by atoms with Gasteiger partial charge >= 0.3 is 0 Å². The van der Waals surface area contributed by atoms with Gasteiger partial charge in [0.15, 0.2) is 5.82 Å². The molecule has 0 aliphatic carbocycles. The smallest absolute Gasteiger partial charge is 0.163 e. The van der Waals surface area contributed by atoms with Crippen molar-refractivity contribution in [3.8, 4) is 22.6 Å². The molecule has 3 heterocycles. The van der Waals surface area contributed by atoms with E-state index in [1.54, 1.807) is 12.4 Å². The zero-order valence-corrected chi connectivity index (χ0v) is 13.8. The largest absolute Gasteiger partial charge is 0.356 e. The molecule has 1 fully saturated rings. The van der Waals surface area contributed by atoms with Crippen LogP contribution in [0.5, 0.6) is 0 Å². The Kier molecular flexibility index (Phi) is 4.21. The molecule has 0 amide bonds. The molecule has 2 aromatic heterocycles. The minimum atomic E-state index is 0.320. The Bertz CT molecular complexity index is 813. The van der Waals surface area contributed by atoms with E-state index < -0.39 is 0 Å². The number of hydrogen-bond acceptors (Lipinski definition) is 5. The van der Waals surface area contributed by atoms with E-state index in [1.165, 1.54) is 0 Å². The lowest BCUT2D eigenvalue weighted by Crippen LogP contribution is -2.34. The van der Waals surface area contributed by atoms with Crippen molar-refractivity contribution in [3.63, 3.8) is 0 Å². The summed E-state index contributed by atoms with van der Waals surface area (Å²) >= 11 is 0. The number of benzene rings is 1. The minimum absolute atomic E-state index is 0.320. The van der Waals surface area contributed by atoms with Crippen molar-refractivity contribution in [1.82, 2.24) is 15.0 Å². The van der Waals surface area contributed by atoms with Gasteiger partial charge in [-0.1, -0.05) is 30.3 Å². The second kappa shape index (κ2) is 6.81. The van der Waals surface area contributed by atoms with E-state index in [-0.39, 0.29) is 0 Å². The van der Waals surface area contributed by atoms with Gasteiger partial charge in [-0.25, -0.2) is 9.97 Å². The first-order valence-corrected chi connectivity index (χ1v) is 8.41. The number of rotatable bonds is 3. The van der Waals surface area contributed by atoms with Gasteiger partial charge in [0.05, 0.1) is 5.69 Å². The maximum atomic E-state index is 11.5. The number of nitrogens with zero attached hydrogens (tertiary/aromatic N) is 4. The summed E-state index contributed by atoms with van der Waals surface area (Å²) in [6.45, 7) is 1.41. The Hall–Kier alpha value is -3.08. The summed E-state index contributed by atoms with van der Waals surface area (Å²) in [4.78, 5) is 27.4. The van der Waals surface area contributed by atoms with E-state index in [9.17, 15) is 4.79 Å². The van der Waals surface area contributed by atoms with Crippen molar-refractivity contribution in [2.75, 3.05) is 18.0 Å². The number of Topliss-reactive ketones (excluding diaryl/α,β-unsaturated/α-hetero) is 1. The highest BCUT2D eigenvalue weighted by Crippen LogP contribution is 2.26. The summed E-state index contributed by atoms with van der Waals surface area (Å²) in [7, 11) is 0. The maximum Gasteiger partial charge on any atom is 0.163 e. The summed E-state index contributed by atoms with van der Waals surface area (Å²) in [6, 6.07) is 15.9. The minimum Gasteiger partial charge on any atom is -0.356 e. The maximum absolute atomic E-state index is 11.5. The predicted octanol–water partition coefficient (Wildman–Crippen LogP) is 3.37. The van der Waals surface area contributed by atoms with Gasteiger partial charge in [-0.2, -0.15) is 0 Å². The van der Waals surface area contributed by atoms with Crippen LogP contribution in [-0.4, -0.2) is 33.8 Å². The number of pyridine rings is 1. The molecule has 5 heteroatoms. The molecule has 0 unspecified atom stereocenters. The Balaban J connectivity index is 1.79. The van der Waals surface area contributed by atoms with Crippen LogP contribution in [0.4, 0.5) is 5.82 Å². The molecule has 124 valence electrons. The Morgan fingerprint density at radius 1 is 0.880 bits per heavy atom. The first-order valence-electron chi connectivity index (χ1n) is 8.41.